The fourth-order valence-corrected chi connectivity index (χ4v) is 3.26. The number of pyridine rings is 1. The first-order chi connectivity index (χ1) is 13.2. The van der Waals surface area contributed by atoms with E-state index in [9.17, 15) is 4.79 Å². The van der Waals surface area contributed by atoms with Gasteiger partial charge in [-0.25, -0.2) is 4.98 Å². The van der Waals surface area contributed by atoms with E-state index in [2.05, 4.69) is 20.1 Å². The van der Waals surface area contributed by atoms with Crippen molar-refractivity contribution in [3.63, 3.8) is 0 Å². The normalized spacial score (nSPS) is 16.5. The van der Waals surface area contributed by atoms with E-state index in [1.165, 1.54) is 0 Å². The number of carbonyl (C=O) groups is 1. The molecule has 0 unspecified atom stereocenters. The fourth-order valence-electron chi connectivity index (χ4n) is 3.26. The minimum Gasteiger partial charge on any atom is -0.436 e. The van der Waals surface area contributed by atoms with Crippen LogP contribution in [-0.4, -0.2) is 42.1 Å². The van der Waals surface area contributed by atoms with E-state index in [0.29, 0.717) is 18.2 Å². The molecule has 8 heteroatoms. The summed E-state index contributed by atoms with van der Waals surface area (Å²) in [7, 11) is 0. The molecule has 27 heavy (non-hydrogen) atoms. The maximum absolute atomic E-state index is 12.7. The molecule has 0 aromatic carbocycles. The van der Waals surface area contributed by atoms with Gasteiger partial charge < -0.3 is 9.64 Å². The Morgan fingerprint density at radius 1 is 1.30 bits per heavy atom. The largest absolute Gasteiger partial charge is 0.436 e. The Morgan fingerprint density at radius 2 is 2.22 bits per heavy atom. The Hall–Kier alpha value is -3.29. The smallest absolute Gasteiger partial charge is 0.244 e. The number of hydrogen-bond acceptors (Lipinski definition) is 6. The van der Waals surface area contributed by atoms with Gasteiger partial charge in [-0.3, -0.25) is 19.4 Å². The third-order valence-electron chi connectivity index (χ3n) is 4.58. The zero-order valence-electron chi connectivity index (χ0n) is 15.0. The number of rotatable bonds is 5. The number of carbonyl (C=O) groups excluding carboxylic acids is 1. The van der Waals surface area contributed by atoms with Gasteiger partial charge in [0.1, 0.15) is 6.54 Å². The quantitative estimate of drug-likeness (QED) is 0.691. The fraction of sp³-hybridized carbons (Fsp3) is 0.316. The monoisotopic (exact) mass is 364 g/mol. The number of aryl methyl sites for hydroxylation is 1. The van der Waals surface area contributed by atoms with Gasteiger partial charge in [-0.05, 0) is 38.0 Å². The second-order valence-electron chi connectivity index (χ2n) is 6.42. The minimum absolute atomic E-state index is 0.0254. The number of ether oxygens (including phenoxy) is 1. The molecule has 0 spiro atoms. The van der Waals surface area contributed by atoms with Crippen LogP contribution in [0.2, 0.25) is 0 Å². The number of amides is 1. The van der Waals surface area contributed by atoms with Crippen LogP contribution in [0.4, 0.5) is 0 Å². The number of nitrogens with zero attached hydrogens (tertiary/aromatic N) is 6. The van der Waals surface area contributed by atoms with Crippen LogP contribution in [0.3, 0.4) is 0 Å². The predicted octanol–water partition coefficient (Wildman–Crippen LogP) is 2.53. The summed E-state index contributed by atoms with van der Waals surface area (Å²) in [5.41, 5.74) is 1.52. The van der Waals surface area contributed by atoms with Crippen molar-refractivity contribution < 1.29 is 9.53 Å². The summed E-state index contributed by atoms with van der Waals surface area (Å²) in [6.45, 7) is 2.81. The summed E-state index contributed by atoms with van der Waals surface area (Å²) in [5.74, 6) is 1.06. The Balaban J connectivity index is 1.52. The van der Waals surface area contributed by atoms with Crippen LogP contribution >= 0.6 is 0 Å². The molecule has 4 rings (SSSR count). The molecule has 1 atom stereocenters. The molecule has 1 aliphatic rings. The topological polar surface area (TPSA) is 86.0 Å². The zero-order chi connectivity index (χ0) is 18.6. The molecular formula is C19H20N6O2. The molecule has 1 saturated heterocycles. The lowest BCUT2D eigenvalue weighted by atomic mass is 10.1. The van der Waals surface area contributed by atoms with Crippen LogP contribution < -0.4 is 4.74 Å². The molecule has 0 bridgehead atoms. The molecule has 138 valence electrons. The SMILES string of the molecule is Cc1ncccc1Oc1cncc([C@@H]2CCCN2C(=O)Cn2cccn2)n1. The van der Waals surface area contributed by atoms with Crippen LogP contribution in [0, 0.1) is 6.92 Å². The molecule has 3 aromatic rings. The van der Waals surface area contributed by atoms with Crippen molar-refractivity contribution in [2.24, 2.45) is 0 Å². The molecule has 1 amide bonds. The lowest BCUT2D eigenvalue weighted by Gasteiger charge is -2.24. The van der Waals surface area contributed by atoms with Crippen molar-refractivity contribution in [1.82, 2.24) is 29.6 Å². The summed E-state index contributed by atoms with van der Waals surface area (Å²) in [6, 6.07) is 5.36. The molecule has 0 N–H and O–H groups in total. The van der Waals surface area contributed by atoms with Gasteiger partial charge in [0.05, 0.1) is 29.8 Å². The first-order valence-electron chi connectivity index (χ1n) is 8.89. The van der Waals surface area contributed by atoms with E-state index in [0.717, 1.165) is 24.2 Å². The molecule has 8 nitrogen and oxygen atoms in total. The van der Waals surface area contributed by atoms with E-state index < -0.39 is 0 Å². The molecule has 0 radical (unpaired) electrons. The Labute approximate surface area is 156 Å². The van der Waals surface area contributed by atoms with E-state index in [-0.39, 0.29) is 18.5 Å². The summed E-state index contributed by atoms with van der Waals surface area (Å²) in [4.78, 5) is 27.6. The highest BCUT2D eigenvalue weighted by Crippen LogP contribution is 2.32. The van der Waals surface area contributed by atoms with Crippen molar-refractivity contribution in [2.45, 2.75) is 32.4 Å². The van der Waals surface area contributed by atoms with E-state index in [4.69, 9.17) is 4.74 Å². The lowest BCUT2D eigenvalue weighted by molar-refractivity contribution is -0.133. The molecule has 1 fully saturated rings. The molecule has 0 aliphatic carbocycles. The van der Waals surface area contributed by atoms with Crippen LogP contribution in [0.1, 0.15) is 30.3 Å². The number of likely N-dealkylation sites (tertiary alicyclic amines) is 1. The number of hydrogen-bond donors (Lipinski definition) is 0. The van der Waals surface area contributed by atoms with E-state index in [1.54, 1.807) is 35.7 Å². The molecule has 0 saturated carbocycles. The van der Waals surface area contributed by atoms with Crippen molar-refractivity contribution in [2.75, 3.05) is 6.54 Å². The van der Waals surface area contributed by atoms with Crippen molar-refractivity contribution in [3.05, 3.63) is 60.6 Å². The summed E-state index contributed by atoms with van der Waals surface area (Å²) in [6.07, 6.45) is 10.2. The second-order valence-corrected chi connectivity index (χ2v) is 6.42. The van der Waals surface area contributed by atoms with Crippen molar-refractivity contribution in [3.8, 4) is 11.6 Å². The second kappa shape index (κ2) is 7.53. The lowest BCUT2D eigenvalue weighted by Crippen LogP contribution is -2.34. The van der Waals surface area contributed by atoms with Gasteiger partial charge in [-0.1, -0.05) is 0 Å². The highest BCUT2D eigenvalue weighted by Gasteiger charge is 2.31. The highest BCUT2D eigenvalue weighted by atomic mass is 16.5. The summed E-state index contributed by atoms with van der Waals surface area (Å²) < 4.78 is 7.47. The predicted molar refractivity (Wildman–Crippen MR) is 97.0 cm³/mol. The summed E-state index contributed by atoms with van der Waals surface area (Å²) >= 11 is 0. The third-order valence-corrected chi connectivity index (χ3v) is 4.58. The van der Waals surface area contributed by atoms with Crippen LogP contribution in [-0.2, 0) is 11.3 Å². The Kier molecular flexibility index (Phi) is 4.78. The van der Waals surface area contributed by atoms with Gasteiger partial charge in [0.2, 0.25) is 11.8 Å². The van der Waals surface area contributed by atoms with Crippen molar-refractivity contribution >= 4 is 5.91 Å². The maximum Gasteiger partial charge on any atom is 0.244 e. The van der Waals surface area contributed by atoms with E-state index in [1.807, 2.05) is 30.0 Å². The first kappa shape index (κ1) is 17.1. The average molecular weight is 364 g/mol. The van der Waals surface area contributed by atoms with Crippen LogP contribution in [0.5, 0.6) is 11.6 Å². The van der Waals surface area contributed by atoms with Crippen LogP contribution in [0.25, 0.3) is 0 Å². The third kappa shape index (κ3) is 3.79. The highest BCUT2D eigenvalue weighted by molar-refractivity contribution is 5.76. The van der Waals surface area contributed by atoms with E-state index >= 15 is 0 Å². The van der Waals surface area contributed by atoms with Gasteiger partial charge in [-0.2, -0.15) is 5.10 Å². The van der Waals surface area contributed by atoms with Gasteiger partial charge in [0.25, 0.3) is 0 Å². The standard InChI is InChI=1S/C19H20N6O2/c1-14-17(6-2-7-21-14)27-18-12-20-11-15(23-18)16-5-3-10-25(16)19(26)13-24-9-4-8-22-24/h2,4,6-9,11-12,16H,3,5,10,13H2,1H3/t16-/m0/s1. The Morgan fingerprint density at radius 3 is 3.04 bits per heavy atom. The minimum atomic E-state index is -0.0980. The van der Waals surface area contributed by atoms with Crippen molar-refractivity contribution in [1.29, 1.82) is 0 Å². The Bertz CT molecular complexity index is 927. The van der Waals surface area contributed by atoms with Gasteiger partial charge >= 0.3 is 0 Å². The summed E-state index contributed by atoms with van der Waals surface area (Å²) in [5, 5.41) is 4.11. The van der Waals surface area contributed by atoms with Crippen LogP contribution in [0.15, 0.2) is 49.2 Å². The molecule has 4 heterocycles. The molecule has 1 aliphatic heterocycles. The first-order valence-corrected chi connectivity index (χ1v) is 8.89. The maximum atomic E-state index is 12.7. The van der Waals surface area contributed by atoms with Gasteiger partial charge in [0, 0.05) is 25.1 Å². The average Bonchev–Trinajstić information content (AvgIpc) is 3.35. The molecular weight excluding hydrogens is 344 g/mol. The van der Waals surface area contributed by atoms with Gasteiger partial charge in [-0.15, -0.1) is 0 Å². The zero-order valence-corrected chi connectivity index (χ0v) is 15.0. The number of aromatic nitrogens is 5. The van der Waals surface area contributed by atoms with Gasteiger partial charge in [0.15, 0.2) is 5.75 Å². The molecule has 3 aromatic heterocycles.